The third kappa shape index (κ3) is 1.70. The number of rotatable bonds is 1. The minimum absolute atomic E-state index is 0.0725. The Morgan fingerprint density at radius 1 is 1.50 bits per heavy atom. The second-order valence-electron chi connectivity index (χ2n) is 2.30. The van der Waals surface area contributed by atoms with Crippen molar-refractivity contribution in [2.75, 3.05) is 20.3 Å². The third-order valence-electron chi connectivity index (χ3n) is 1.64. The van der Waals surface area contributed by atoms with E-state index in [-0.39, 0.29) is 5.91 Å². The Balaban J connectivity index is 2.31. The van der Waals surface area contributed by atoms with E-state index in [9.17, 15) is 4.79 Å². The molecule has 57 valence electrons. The van der Waals surface area contributed by atoms with Gasteiger partial charge in [0.15, 0.2) is 0 Å². The van der Waals surface area contributed by atoms with Gasteiger partial charge in [-0.1, -0.05) is 0 Å². The van der Waals surface area contributed by atoms with Crippen molar-refractivity contribution in [3.05, 3.63) is 5.92 Å². The van der Waals surface area contributed by atoms with Gasteiger partial charge in [0.2, 0.25) is 5.91 Å². The fraction of sp³-hybridized carbons (Fsp3) is 0.714. The van der Waals surface area contributed by atoms with E-state index in [1.54, 1.807) is 7.05 Å². The Morgan fingerprint density at radius 3 is 2.60 bits per heavy atom. The van der Waals surface area contributed by atoms with Gasteiger partial charge in [-0.05, 0) is 12.8 Å². The maximum Gasteiger partial charge on any atom is 0.227 e. The lowest BCUT2D eigenvalue weighted by Crippen LogP contribution is -2.30. The number of carbonyl (C=O) groups is 1. The summed E-state index contributed by atoms with van der Waals surface area (Å²) < 4.78 is 5.09. The van der Waals surface area contributed by atoms with Crippen molar-refractivity contribution in [3.8, 4) is 0 Å². The van der Waals surface area contributed by atoms with E-state index in [1.807, 2.05) is 0 Å². The lowest BCUT2D eigenvalue weighted by Gasteiger charge is -2.19. The lowest BCUT2D eigenvalue weighted by atomic mass is 10.00. The molecular formula is C7H12NO2. The van der Waals surface area contributed by atoms with Crippen LogP contribution in [0.15, 0.2) is 0 Å². The lowest BCUT2D eigenvalue weighted by molar-refractivity contribution is -0.120. The van der Waals surface area contributed by atoms with Crippen LogP contribution in [0.1, 0.15) is 12.8 Å². The van der Waals surface area contributed by atoms with Crippen molar-refractivity contribution in [3.63, 3.8) is 0 Å². The highest BCUT2D eigenvalue weighted by Crippen LogP contribution is 2.16. The summed E-state index contributed by atoms with van der Waals surface area (Å²) >= 11 is 0. The van der Waals surface area contributed by atoms with Gasteiger partial charge < -0.3 is 10.1 Å². The van der Waals surface area contributed by atoms with Gasteiger partial charge in [0.1, 0.15) is 0 Å². The van der Waals surface area contributed by atoms with Gasteiger partial charge in [-0.15, -0.1) is 0 Å². The number of nitrogens with one attached hydrogen (secondary N) is 1. The number of hydrogen-bond donors (Lipinski definition) is 1. The molecular weight excluding hydrogens is 130 g/mol. The number of carbonyl (C=O) groups excluding carboxylic acids is 1. The zero-order valence-electron chi connectivity index (χ0n) is 6.14. The van der Waals surface area contributed by atoms with Gasteiger partial charge in [0.05, 0.1) is 5.92 Å². The van der Waals surface area contributed by atoms with E-state index in [0.29, 0.717) is 13.2 Å². The second-order valence-corrected chi connectivity index (χ2v) is 2.30. The summed E-state index contributed by atoms with van der Waals surface area (Å²) in [5.41, 5.74) is 0. The Kier molecular flexibility index (Phi) is 2.68. The van der Waals surface area contributed by atoms with Crippen LogP contribution < -0.4 is 5.32 Å². The van der Waals surface area contributed by atoms with Crippen LogP contribution in [0, 0.1) is 5.92 Å². The minimum atomic E-state index is 0.0725. The van der Waals surface area contributed by atoms with Crippen LogP contribution in [0.25, 0.3) is 0 Å². The third-order valence-corrected chi connectivity index (χ3v) is 1.64. The van der Waals surface area contributed by atoms with E-state index >= 15 is 0 Å². The highest BCUT2D eigenvalue weighted by molar-refractivity contribution is 5.89. The molecule has 1 rings (SSSR count). The molecule has 0 aromatic rings. The van der Waals surface area contributed by atoms with Gasteiger partial charge in [0, 0.05) is 20.3 Å². The molecule has 0 saturated carbocycles. The van der Waals surface area contributed by atoms with Gasteiger partial charge in [-0.25, -0.2) is 0 Å². The minimum Gasteiger partial charge on any atom is -0.381 e. The molecule has 1 amide bonds. The summed E-state index contributed by atoms with van der Waals surface area (Å²) in [5.74, 6) is 1.04. The Morgan fingerprint density at radius 2 is 2.10 bits per heavy atom. The maximum atomic E-state index is 11.0. The summed E-state index contributed by atoms with van der Waals surface area (Å²) in [4.78, 5) is 11.0. The molecule has 0 atom stereocenters. The van der Waals surface area contributed by atoms with Crippen molar-refractivity contribution in [1.29, 1.82) is 0 Å². The molecule has 10 heavy (non-hydrogen) atoms. The fourth-order valence-electron chi connectivity index (χ4n) is 1.02. The smallest absolute Gasteiger partial charge is 0.227 e. The van der Waals surface area contributed by atoms with Crippen molar-refractivity contribution in [2.45, 2.75) is 12.8 Å². The quantitative estimate of drug-likeness (QED) is 0.564. The van der Waals surface area contributed by atoms with Gasteiger partial charge >= 0.3 is 0 Å². The topological polar surface area (TPSA) is 38.3 Å². The fourth-order valence-corrected chi connectivity index (χ4v) is 1.02. The van der Waals surface area contributed by atoms with Crippen molar-refractivity contribution in [2.24, 2.45) is 0 Å². The summed E-state index contributed by atoms with van der Waals surface area (Å²) in [5, 5.41) is 2.60. The highest BCUT2D eigenvalue weighted by Gasteiger charge is 2.20. The molecule has 1 heterocycles. The predicted molar refractivity (Wildman–Crippen MR) is 37.4 cm³/mol. The van der Waals surface area contributed by atoms with E-state index < -0.39 is 0 Å². The predicted octanol–water partition coefficient (Wildman–Crippen LogP) is 0.117. The molecule has 3 heteroatoms. The van der Waals surface area contributed by atoms with Crippen LogP contribution >= 0.6 is 0 Å². The van der Waals surface area contributed by atoms with Crippen LogP contribution in [0.3, 0.4) is 0 Å². The average Bonchev–Trinajstić information content (AvgIpc) is 2.05. The van der Waals surface area contributed by atoms with E-state index in [1.165, 1.54) is 0 Å². The Hall–Kier alpha value is -0.570. The molecule has 0 aromatic heterocycles. The van der Waals surface area contributed by atoms with E-state index in [0.717, 1.165) is 18.8 Å². The SMILES string of the molecule is CNC(=O)[C]1CCOCC1. The van der Waals surface area contributed by atoms with Crippen LogP contribution in [0.4, 0.5) is 0 Å². The first-order valence-corrected chi connectivity index (χ1v) is 3.49. The van der Waals surface area contributed by atoms with Gasteiger partial charge in [0.25, 0.3) is 0 Å². The summed E-state index contributed by atoms with van der Waals surface area (Å²) in [7, 11) is 1.66. The molecule has 0 bridgehead atoms. The molecule has 0 aliphatic carbocycles. The summed E-state index contributed by atoms with van der Waals surface area (Å²) in [6.45, 7) is 1.39. The number of amides is 1. The monoisotopic (exact) mass is 142 g/mol. The van der Waals surface area contributed by atoms with Gasteiger partial charge in [-0.2, -0.15) is 0 Å². The zero-order chi connectivity index (χ0) is 7.40. The number of hydrogen-bond acceptors (Lipinski definition) is 2. The first-order valence-electron chi connectivity index (χ1n) is 3.49. The summed E-state index contributed by atoms with van der Waals surface area (Å²) in [6.07, 6.45) is 1.58. The molecule has 1 saturated heterocycles. The van der Waals surface area contributed by atoms with Crippen LogP contribution in [-0.2, 0) is 9.53 Å². The average molecular weight is 142 g/mol. The Bertz CT molecular complexity index is 119. The molecule has 1 radical (unpaired) electrons. The molecule has 3 nitrogen and oxygen atoms in total. The van der Waals surface area contributed by atoms with E-state index in [2.05, 4.69) is 5.32 Å². The zero-order valence-corrected chi connectivity index (χ0v) is 6.14. The molecule has 0 aromatic carbocycles. The standard InChI is InChI=1S/C7H12NO2/c1-8-7(9)6-2-4-10-5-3-6/h2-5H2,1H3,(H,8,9). The van der Waals surface area contributed by atoms with Crippen LogP contribution in [0.2, 0.25) is 0 Å². The molecule has 0 spiro atoms. The molecule has 1 fully saturated rings. The summed E-state index contributed by atoms with van der Waals surface area (Å²) in [6, 6.07) is 0. The van der Waals surface area contributed by atoms with Crippen molar-refractivity contribution < 1.29 is 9.53 Å². The molecule has 1 aliphatic heterocycles. The van der Waals surface area contributed by atoms with Gasteiger partial charge in [-0.3, -0.25) is 4.79 Å². The van der Waals surface area contributed by atoms with E-state index in [4.69, 9.17) is 4.74 Å². The first-order chi connectivity index (χ1) is 4.84. The largest absolute Gasteiger partial charge is 0.381 e. The molecule has 0 unspecified atom stereocenters. The number of ether oxygens (including phenoxy) is 1. The van der Waals surface area contributed by atoms with Crippen molar-refractivity contribution in [1.82, 2.24) is 5.32 Å². The van der Waals surface area contributed by atoms with Crippen LogP contribution in [-0.4, -0.2) is 26.2 Å². The molecule has 1 aliphatic rings. The van der Waals surface area contributed by atoms with Crippen LogP contribution in [0.5, 0.6) is 0 Å². The normalized spacial score (nSPS) is 20.5. The first kappa shape index (κ1) is 7.54. The maximum absolute atomic E-state index is 11.0. The second kappa shape index (κ2) is 3.56. The van der Waals surface area contributed by atoms with Crippen molar-refractivity contribution >= 4 is 5.91 Å². The highest BCUT2D eigenvalue weighted by atomic mass is 16.5. The molecule has 1 N–H and O–H groups in total. The Labute approximate surface area is 60.7 Å².